The summed E-state index contributed by atoms with van der Waals surface area (Å²) in [6.07, 6.45) is 7.12. The van der Waals surface area contributed by atoms with E-state index >= 15 is 0 Å². The smallest absolute Gasteiger partial charge is 0.225 e. The van der Waals surface area contributed by atoms with Crippen LogP contribution >= 0.6 is 0 Å². The second kappa shape index (κ2) is 7.44. The van der Waals surface area contributed by atoms with E-state index in [4.69, 9.17) is 4.74 Å². The van der Waals surface area contributed by atoms with Crippen molar-refractivity contribution in [3.63, 3.8) is 0 Å². The summed E-state index contributed by atoms with van der Waals surface area (Å²) in [5.74, 6) is 2.44. The molecule has 122 valence electrons. The normalized spacial score (nSPS) is 15.7. The van der Waals surface area contributed by atoms with Gasteiger partial charge in [-0.1, -0.05) is 24.6 Å². The Balaban J connectivity index is 1.47. The van der Waals surface area contributed by atoms with Gasteiger partial charge in [-0.2, -0.15) is 0 Å². The van der Waals surface area contributed by atoms with Crippen LogP contribution in [0, 0.1) is 12.8 Å². The molecule has 1 aliphatic rings. The topological polar surface area (TPSA) is 38.2 Å². The van der Waals surface area contributed by atoms with Crippen molar-refractivity contribution in [2.75, 3.05) is 24.6 Å². The number of hydrogen-bond donors (Lipinski definition) is 0. The third kappa shape index (κ3) is 4.21. The minimum absolute atomic E-state index is 0.613. The first-order chi connectivity index (χ1) is 11.2. The number of piperidine rings is 1. The first kappa shape index (κ1) is 15.8. The van der Waals surface area contributed by atoms with Gasteiger partial charge in [0.05, 0.1) is 6.61 Å². The third-order valence-electron chi connectivity index (χ3n) is 4.50. The van der Waals surface area contributed by atoms with Gasteiger partial charge in [0.1, 0.15) is 5.75 Å². The SMILES string of the molecule is CCc1cnc(N2CCC(COc3ccc(C)cc3)CC2)nc1. The number of benzene rings is 1. The van der Waals surface area contributed by atoms with E-state index in [2.05, 4.69) is 40.8 Å². The molecule has 0 saturated carbocycles. The summed E-state index contributed by atoms with van der Waals surface area (Å²) in [4.78, 5) is 11.2. The van der Waals surface area contributed by atoms with Gasteiger partial charge in [0, 0.05) is 25.5 Å². The lowest BCUT2D eigenvalue weighted by Crippen LogP contribution is -2.36. The largest absolute Gasteiger partial charge is 0.493 e. The van der Waals surface area contributed by atoms with Crippen LogP contribution in [0.3, 0.4) is 0 Å². The lowest BCUT2D eigenvalue weighted by molar-refractivity contribution is 0.222. The van der Waals surface area contributed by atoms with Crippen LogP contribution in [0.15, 0.2) is 36.7 Å². The van der Waals surface area contributed by atoms with Crippen molar-refractivity contribution in [3.05, 3.63) is 47.8 Å². The number of nitrogens with zero attached hydrogens (tertiary/aromatic N) is 3. The molecule has 4 nitrogen and oxygen atoms in total. The molecule has 1 aromatic heterocycles. The van der Waals surface area contributed by atoms with Crippen LogP contribution in [-0.4, -0.2) is 29.7 Å². The fourth-order valence-electron chi connectivity index (χ4n) is 2.84. The Morgan fingerprint density at radius 1 is 1.09 bits per heavy atom. The number of hydrogen-bond acceptors (Lipinski definition) is 4. The van der Waals surface area contributed by atoms with Crippen molar-refractivity contribution < 1.29 is 4.74 Å². The summed E-state index contributed by atoms with van der Waals surface area (Å²) in [5, 5.41) is 0. The van der Waals surface area contributed by atoms with E-state index in [1.54, 1.807) is 0 Å². The predicted octanol–water partition coefficient (Wildman–Crippen LogP) is 3.64. The highest BCUT2D eigenvalue weighted by Crippen LogP contribution is 2.22. The Morgan fingerprint density at radius 3 is 2.35 bits per heavy atom. The number of rotatable bonds is 5. The molecule has 2 aromatic rings. The van der Waals surface area contributed by atoms with Crippen LogP contribution in [0.25, 0.3) is 0 Å². The maximum Gasteiger partial charge on any atom is 0.225 e. The molecule has 0 amide bonds. The quantitative estimate of drug-likeness (QED) is 0.845. The Hall–Kier alpha value is -2.10. The monoisotopic (exact) mass is 311 g/mol. The van der Waals surface area contributed by atoms with Gasteiger partial charge < -0.3 is 9.64 Å². The summed E-state index contributed by atoms with van der Waals surface area (Å²) in [6, 6.07) is 8.28. The van der Waals surface area contributed by atoms with Gasteiger partial charge in [-0.15, -0.1) is 0 Å². The number of anilines is 1. The molecule has 3 rings (SSSR count). The first-order valence-electron chi connectivity index (χ1n) is 8.50. The molecule has 1 saturated heterocycles. The van der Waals surface area contributed by atoms with Gasteiger partial charge in [-0.3, -0.25) is 0 Å². The molecule has 0 atom stereocenters. The molecule has 0 aliphatic carbocycles. The second-order valence-corrected chi connectivity index (χ2v) is 6.30. The van der Waals surface area contributed by atoms with Gasteiger partial charge in [0.2, 0.25) is 5.95 Å². The van der Waals surface area contributed by atoms with Crippen LogP contribution in [0.4, 0.5) is 5.95 Å². The van der Waals surface area contributed by atoms with Crippen LogP contribution in [0.1, 0.15) is 30.9 Å². The summed E-state index contributed by atoms with van der Waals surface area (Å²) >= 11 is 0. The zero-order valence-corrected chi connectivity index (χ0v) is 14.0. The molecule has 23 heavy (non-hydrogen) atoms. The van der Waals surface area contributed by atoms with Crippen molar-refractivity contribution in [2.24, 2.45) is 5.92 Å². The van der Waals surface area contributed by atoms with Crippen molar-refractivity contribution >= 4 is 5.95 Å². The second-order valence-electron chi connectivity index (χ2n) is 6.30. The molecule has 1 fully saturated rings. The summed E-state index contributed by atoms with van der Waals surface area (Å²) in [7, 11) is 0. The Morgan fingerprint density at radius 2 is 1.74 bits per heavy atom. The minimum Gasteiger partial charge on any atom is -0.493 e. The Bertz CT molecular complexity index is 602. The zero-order valence-electron chi connectivity index (χ0n) is 14.0. The van der Waals surface area contributed by atoms with Gasteiger partial charge in [-0.25, -0.2) is 9.97 Å². The molecule has 2 heterocycles. The predicted molar refractivity (Wildman–Crippen MR) is 93.0 cm³/mol. The highest BCUT2D eigenvalue weighted by Gasteiger charge is 2.21. The van der Waals surface area contributed by atoms with E-state index in [9.17, 15) is 0 Å². The van der Waals surface area contributed by atoms with Crippen LogP contribution in [-0.2, 0) is 6.42 Å². The van der Waals surface area contributed by atoms with Crippen molar-refractivity contribution in [1.29, 1.82) is 0 Å². The fraction of sp³-hybridized carbons (Fsp3) is 0.474. The minimum atomic E-state index is 0.613. The van der Waals surface area contributed by atoms with Gasteiger partial charge in [-0.05, 0) is 49.8 Å². The summed E-state index contributed by atoms with van der Waals surface area (Å²) in [6.45, 7) is 7.03. The van der Waals surface area contributed by atoms with Crippen molar-refractivity contribution in [1.82, 2.24) is 9.97 Å². The molecule has 0 radical (unpaired) electrons. The van der Waals surface area contributed by atoms with Gasteiger partial charge in [0.25, 0.3) is 0 Å². The van der Waals surface area contributed by atoms with Gasteiger partial charge in [0.15, 0.2) is 0 Å². The maximum atomic E-state index is 5.92. The lowest BCUT2D eigenvalue weighted by atomic mass is 9.98. The zero-order chi connectivity index (χ0) is 16.1. The molecule has 0 spiro atoms. The van der Waals surface area contributed by atoms with Crippen LogP contribution in [0.5, 0.6) is 5.75 Å². The molecule has 1 aliphatic heterocycles. The molecular weight excluding hydrogens is 286 g/mol. The fourth-order valence-corrected chi connectivity index (χ4v) is 2.84. The average molecular weight is 311 g/mol. The van der Waals surface area contributed by atoms with Crippen molar-refractivity contribution in [3.8, 4) is 5.75 Å². The summed E-state index contributed by atoms with van der Waals surface area (Å²) in [5.41, 5.74) is 2.45. The molecule has 0 N–H and O–H groups in total. The van der Waals surface area contributed by atoms with Crippen molar-refractivity contribution in [2.45, 2.75) is 33.1 Å². The standard InChI is InChI=1S/C19H25N3O/c1-3-16-12-20-19(21-13-16)22-10-8-17(9-11-22)14-23-18-6-4-15(2)5-7-18/h4-7,12-13,17H,3,8-11,14H2,1-2H3. The van der Waals surface area contributed by atoms with E-state index in [1.165, 1.54) is 11.1 Å². The lowest BCUT2D eigenvalue weighted by Gasteiger charge is -2.31. The van der Waals surface area contributed by atoms with Crippen LogP contribution in [0.2, 0.25) is 0 Å². The average Bonchev–Trinajstić information content (AvgIpc) is 2.62. The van der Waals surface area contributed by atoms with Gasteiger partial charge >= 0.3 is 0 Å². The van der Waals surface area contributed by atoms with E-state index in [-0.39, 0.29) is 0 Å². The van der Waals surface area contributed by atoms with E-state index in [0.717, 1.165) is 50.7 Å². The van der Waals surface area contributed by atoms with E-state index in [1.807, 2.05) is 24.5 Å². The Labute approximate surface area is 138 Å². The third-order valence-corrected chi connectivity index (χ3v) is 4.50. The van der Waals surface area contributed by atoms with E-state index < -0.39 is 0 Å². The number of aryl methyl sites for hydroxylation is 2. The molecular formula is C19H25N3O. The Kier molecular flexibility index (Phi) is 5.11. The molecule has 0 unspecified atom stereocenters. The molecule has 0 bridgehead atoms. The first-order valence-corrected chi connectivity index (χ1v) is 8.50. The maximum absolute atomic E-state index is 5.92. The molecule has 1 aromatic carbocycles. The number of ether oxygens (including phenoxy) is 1. The molecule has 4 heteroatoms. The summed E-state index contributed by atoms with van der Waals surface area (Å²) < 4.78 is 5.92. The number of aromatic nitrogens is 2. The van der Waals surface area contributed by atoms with Crippen LogP contribution < -0.4 is 9.64 Å². The van der Waals surface area contributed by atoms with E-state index in [0.29, 0.717) is 5.92 Å². The highest BCUT2D eigenvalue weighted by molar-refractivity contribution is 5.30. The highest BCUT2D eigenvalue weighted by atomic mass is 16.5.